The normalized spacial score (nSPS) is 7.00. The molecule has 58 valence electrons. The van der Waals surface area contributed by atoms with Crippen molar-refractivity contribution in [2.24, 2.45) is 0 Å². The molecule has 0 radical (unpaired) electrons. The zero-order chi connectivity index (χ0) is 7.21. The van der Waals surface area contributed by atoms with Crippen molar-refractivity contribution < 1.29 is 44.8 Å². The molecule has 6 nitrogen and oxygen atoms in total. The summed E-state index contributed by atoms with van der Waals surface area (Å²) in [6, 6.07) is 0. The molecule has 0 aliphatic heterocycles. The van der Waals surface area contributed by atoms with Crippen LogP contribution in [0.5, 0.6) is 0 Å². The van der Waals surface area contributed by atoms with E-state index in [4.69, 9.17) is 27.4 Å². The summed E-state index contributed by atoms with van der Waals surface area (Å²) in [4.78, 5) is 8.36. The number of rotatable bonds is 0. The Labute approximate surface area is 90.6 Å². The first-order valence-corrected chi connectivity index (χ1v) is 2.59. The van der Waals surface area contributed by atoms with Crippen LogP contribution in [0.25, 0.3) is 0 Å². The zero-order valence-corrected chi connectivity index (χ0v) is 6.05. The summed E-state index contributed by atoms with van der Waals surface area (Å²) in [5, 5.41) is 6.89. The Bertz CT molecular complexity index is 132. The molecule has 0 saturated carbocycles. The topological polar surface area (TPSA) is 112 Å². The third-order valence-electron chi connectivity index (χ3n) is 0. The molecule has 0 amide bonds. The van der Waals surface area contributed by atoms with Crippen LogP contribution in [-0.2, 0) is 32.6 Å². The summed E-state index contributed by atoms with van der Waals surface area (Å²) in [6.45, 7) is -0.250. The SMILES string of the molecule is O=CO.O=S(=O)(O)O.[Cr].[NaH]. The first-order valence-electron chi connectivity index (χ1n) is 1.19. The van der Waals surface area contributed by atoms with Crippen molar-refractivity contribution in [2.75, 3.05) is 0 Å². The van der Waals surface area contributed by atoms with E-state index in [-0.39, 0.29) is 53.4 Å². The van der Waals surface area contributed by atoms with Gasteiger partial charge in [0.1, 0.15) is 0 Å². The van der Waals surface area contributed by atoms with E-state index in [2.05, 4.69) is 0 Å². The molecule has 0 aliphatic rings. The first-order chi connectivity index (χ1) is 3.41. The molecule has 0 spiro atoms. The molecule has 0 fully saturated rings. The predicted octanol–water partition coefficient (Wildman–Crippen LogP) is -1.60. The Morgan fingerprint density at radius 3 is 1.20 bits per heavy atom. The summed E-state index contributed by atoms with van der Waals surface area (Å²) in [7, 11) is -4.67. The Balaban J connectivity index is -0.0000000326. The maximum absolute atomic E-state index is 8.74. The van der Waals surface area contributed by atoms with Crippen molar-refractivity contribution in [3.63, 3.8) is 0 Å². The van der Waals surface area contributed by atoms with E-state index in [9.17, 15) is 0 Å². The quantitative estimate of drug-likeness (QED) is 0.257. The first kappa shape index (κ1) is 22.4. The van der Waals surface area contributed by atoms with Gasteiger partial charge >= 0.3 is 40.0 Å². The van der Waals surface area contributed by atoms with Crippen LogP contribution in [0.1, 0.15) is 0 Å². The van der Waals surface area contributed by atoms with Crippen LogP contribution in [0, 0.1) is 0 Å². The Morgan fingerprint density at radius 1 is 1.20 bits per heavy atom. The molecule has 0 atom stereocenters. The number of hydrogen-bond acceptors (Lipinski definition) is 3. The maximum atomic E-state index is 8.74. The third kappa shape index (κ3) is 722. The van der Waals surface area contributed by atoms with E-state index >= 15 is 0 Å². The second-order valence-corrected chi connectivity index (χ2v) is 1.45. The Morgan fingerprint density at radius 2 is 1.20 bits per heavy atom. The van der Waals surface area contributed by atoms with Gasteiger partial charge < -0.3 is 5.11 Å². The monoisotopic (exact) mass is 220 g/mol. The van der Waals surface area contributed by atoms with Crippen LogP contribution in [0.3, 0.4) is 0 Å². The molecule has 0 unspecified atom stereocenters. The second-order valence-electron chi connectivity index (χ2n) is 0.553. The van der Waals surface area contributed by atoms with E-state index < -0.39 is 10.4 Å². The Kier molecular flexibility index (Phi) is 28.1. The van der Waals surface area contributed by atoms with Crippen molar-refractivity contribution in [3.05, 3.63) is 0 Å². The average molecular weight is 220 g/mol. The van der Waals surface area contributed by atoms with E-state index in [1.54, 1.807) is 0 Å². The molecule has 0 bridgehead atoms. The number of carboxylic acid groups (broad SMARTS) is 1. The molecular formula is CH5CrNaO6S. The minimum atomic E-state index is -4.67. The second kappa shape index (κ2) is 12.5. The van der Waals surface area contributed by atoms with Gasteiger partial charge in [-0.1, -0.05) is 0 Å². The molecule has 0 heterocycles. The summed E-state index contributed by atoms with van der Waals surface area (Å²) >= 11 is 0. The van der Waals surface area contributed by atoms with Crippen LogP contribution in [0.15, 0.2) is 0 Å². The fraction of sp³-hybridized carbons (Fsp3) is 0. The molecule has 0 aromatic carbocycles. The number of hydrogen-bond donors (Lipinski definition) is 3. The van der Waals surface area contributed by atoms with Crippen molar-refractivity contribution in [1.29, 1.82) is 0 Å². The Hall–Kier alpha value is 0.872. The van der Waals surface area contributed by atoms with Gasteiger partial charge in [0, 0.05) is 17.4 Å². The van der Waals surface area contributed by atoms with E-state index in [0.29, 0.717) is 0 Å². The van der Waals surface area contributed by atoms with Gasteiger partial charge in [0.15, 0.2) is 0 Å². The van der Waals surface area contributed by atoms with Crippen molar-refractivity contribution in [1.82, 2.24) is 0 Å². The molecule has 0 aromatic rings. The van der Waals surface area contributed by atoms with Gasteiger partial charge in [-0.3, -0.25) is 13.9 Å². The number of carbonyl (C=O) groups is 1. The molecular weight excluding hydrogens is 215 g/mol. The van der Waals surface area contributed by atoms with Crippen LogP contribution in [0.4, 0.5) is 0 Å². The van der Waals surface area contributed by atoms with Crippen LogP contribution in [-0.4, -0.2) is 58.7 Å². The molecule has 0 aliphatic carbocycles. The molecule has 3 N–H and O–H groups in total. The van der Waals surface area contributed by atoms with Gasteiger partial charge in [-0.2, -0.15) is 8.42 Å². The molecule has 0 rings (SSSR count). The van der Waals surface area contributed by atoms with Gasteiger partial charge in [0.05, 0.1) is 0 Å². The molecule has 0 saturated heterocycles. The van der Waals surface area contributed by atoms with Crippen LogP contribution in [0.2, 0.25) is 0 Å². The molecule has 9 heteroatoms. The van der Waals surface area contributed by atoms with E-state index in [1.807, 2.05) is 0 Å². The van der Waals surface area contributed by atoms with Crippen molar-refractivity contribution in [3.8, 4) is 0 Å². The van der Waals surface area contributed by atoms with Gasteiger partial charge in [0.2, 0.25) is 0 Å². The fourth-order valence-corrected chi connectivity index (χ4v) is 0. The summed E-state index contributed by atoms with van der Waals surface area (Å²) in [5.41, 5.74) is 0. The van der Waals surface area contributed by atoms with Gasteiger partial charge in [-0.05, 0) is 0 Å². The molecule has 0 aromatic heterocycles. The summed E-state index contributed by atoms with van der Waals surface area (Å²) in [6.07, 6.45) is 0. The summed E-state index contributed by atoms with van der Waals surface area (Å²) in [5.74, 6) is 0. The standard InChI is InChI=1S/CH2O2.Cr.Na.H2O4S.H/c2-1-3;;;1-5(2,3)4;/h1H,(H,2,3);;;(H2,1,2,3,4);. The van der Waals surface area contributed by atoms with Crippen molar-refractivity contribution >= 4 is 46.4 Å². The van der Waals surface area contributed by atoms with Crippen molar-refractivity contribution in [2.45, 2.75) is 0 Å². The third-order valence-corrected chi connectivity index (χ3v) is 0. The van der Waals surface area contributed by atoms with Crippen LogP contribution < -0.4 is 0 Å². The summed E-state index contributed by atoms with van der Waals surface area (Å²) < 4.78 is 31.6. The van der Waals surface area contributed by atoms with Crippen LogP contribution >= 0.6 is 0 Å². The predicted molar refractivity (Wildman–Crippen MR) is 30.0 cm³/mol. The molecule has 10 heavy (non-hydrogen) atoms. The minimum absolute atomic E-state index is 0. The van der Waals surface area contributed by atoms with E-state index in [0.717, 1.165) is 0 Å². The zero-order valence-electron chi connectivity index (χ0n) is 3.96. The average Bonchev–Trinajstić information content (AvgIpc) is 1.27. The fourth-order valence-electron chi connectivity index (χ4n) is 0. The van der Waals surface area contributed by atoms with E-state index in [1.165, 1.54) is 0 Å². The van der Waals surface area contributed by atoms with Gasteiger partial charge in [-0.15, -0.1) is 0 Å². The van der Waals surface area contributed by atoms with Gasteiger partial charge in [-0.25, -0.2) is 0 Å². The van der Waals surface area contributed by atoms with Gasteiger partial charge in [0.25, 0.3) is 6.47 Å².